The first-order valence-corrected chi connectivity index (χ1v) is 6.88. The molecule has 1 saturated carbocycles. The molecule has 0 unspecified atom stereocenters. The van der Waals surface area contributed by atoms with Crippen molar-refractivity contribution < 1.29 is 9.47 Å². The van der Waals surface area contributed by atoms with Crippen LogP contribution in [-0.2, 0) is 11.2 Å². The molecule has 0 atom stereocenters. The maximum absolute atomic E-state index is 5.61. The first kappa shape index (κ1) is 13.4. The lowest BCUT2D eigenvalue weighted by atomic mass is 10.1. The van der Waals surface area contributed by atoms with Gasteiger partial charge in [-0.15, -0.1) is 0 Å². The second kappa shape index (κ2) is 7.39. The highest BCUT2D eigenvalue weighted by Gasteiger charge is 2.20. The van der Waals surface area contributed by atoms with Crippen LogP contribution in [-0.4, -0.2) is 26.4 Å². The van der Waals surface area contributed by atoms with Crippen LogP contribution in [0.3, 0.4) is 0 Å². The molecule has 2 N–H and O–H groups in total. The van der Waals surface area contributed by atoms with Gasteiger partial charge in [-0.1, -0.05) is 25.0 Å². The third-order valence-corrected chi connectivity index (χ3v) is 3.22. The van der Waals surface area contributed by atoms with Crippen molar-refractivity contribution in [2.24, 2.45) is 11.7 Å². The van der Waals surface area contributed by atoms with Crippen LogP contribution in [0, 0.1) is 5.92 Å². The fourth-order valence-electron chi connectivity index (χ4n) is 1.90. The van der Waals surface area contributed by atoms with Crippen LogP contribution in [0.2, 0.25) is 0 Å². The van der Waals surface area contributed by atoms with Crippen molar-refractivity contribution in [2.75, 3.05) is 26.4 Å². The summed E-state index contributed by atoms with van der Waals surface area (Å²) in [4.78, 5) is 0. The van der Waals surface area contributed by atoms with Crippen LogP contribution in [0.5, 0.6) is 5.75 Å². The molecule has 0 bridgehead atoms. The number of nitrogens with two attached hydrogens (primary N) is 1. The van der Waals surface area contributed by atoms with E-state index in [2.05, 4.69) is 12.1 Å². The predicted molar refractivity (Wildman–Crippen MR) is 72.9 cm³/mol. The number of hydrogen-bond donors (Lipinski definition) is 1. The third kappa shape index (κ3) is 5.07. The summed E-state index contributed by atoms with van der Waals surface area (Å²) in [7, 11) is 0. The summed E-state index contributed by atoms with van der Waals surface area (Å²) >= 11 is 0. The molecule has 100 valence electrons. The van der Waals surface area contributed by atoms with E-state index in [1.54, 1.807) is 0 Å². The summed E-state index contributed by atoms with van der Waals surface area (Å²) < 4.78 is 11.1. The number of ether oxygens (including phenoxy) is 2. The molecule has 3 nitrogen and oxygen atoms in total. The van der Waals surface area contributed by atoms with Gasteiger partial charge in [-0.3, -0.25) is 0 Å². The van der Waals surface area contributed by atoms with E-state index in [0.29, 0.717) is 19.8 Å². The lowest BCUT2D eigenvalue weighted by Gasteiger charge is -2.07. The molecule has 0 amide bonds. The molecule has 0 radical (unpaired) electrons. The van der Waals surface area contributed by atoms with Crippen molar-refractivity contribution in [1.82, 2.24) is 0 Å². The smallest absolute Gasteiger partial charge is 0.119 e. The Morgan fingerprint density at radius 3 is 2.50 bits per heavy atom. The van der Waals surface area contributed by atoms with Gasteiger partial charge in [-0.05, 0) is 43.0 Å². The second-order valence-corrected chi connectivity index (χ2v) is 4.88. The minimum absolute atomic E-state index is 0.626. The highest BCUT2D eigenvalue weighted by Crippen LogP contribution is 2.31. The molecule has 0 saturated heterocycles. The Labute approximate surface area is 109 Å². The Morgan fingerprint density at radius 1 is 1.06 bits per heavy atom. The molecule has 1 aromatic rings. The lowest BCUT2D eigenvalue weighted by molar-refractivity contribution is 0.0958. The van der Waals surface area contributed by atoms with E-state index < -0.39 is 0 Å². The molecule has 1 aliphatic carbocycles. The largest absolute Gasteiger partial charge is 0.491 e. The van der Waals surface area contributed by atoms with Gasteiger partial charge in [0.05, 0.1) is 6.61 Å². The fraction of sp³-hybridized carbons (Fsp3) is 0.600. The van der Waals surface area contributed by atoms with Crippen LogP contribution in [0.1, 0.15) is 24.8 Å². The zero-order valence-electron chi connectivity index (χ0n) is 10.9. The van der Waals surface area contributed by atoms with Crippen LogP contribution in [0.25, 0.3) is 0 Å². The van der Waals surface area contributed by atoms with Gasteiger partial charge in [-0.25, -0.2) is 0 Å². The molecule has 2 rings (SSSR count). The fourth-order valence-corrected chi connectivity index (χ4v) is 1.90. The lowest BCUT2D eigenvalue weighted by Crippen LogP contribution is -2.08. The van der Waals surface area contributed by atoms with Gasteiger partial charge in [0.2, 0.25) is 0 Å². The zero-order chi connectivity index (χ0) is 12.6. The molecule has 0 spiro atoms. The Bertz CT molecular complexity index is 333. The summed E-state index contributed by atoms with van der Waals surface area (Å²) in [5.41, 5.74) is 6.76. The standard InChI is InChI=1S/C15H23NO2/c16-9-7-13-3-5-15(6-4-13)18-12-11-17-10-8-14-1-2-14/h3-6,14H,1-2,7-12,16H2. The van der Waals surface area contributed by atoms with Crippen molar-refractivity contribution in [3.63, 3.8) is 0 Å². The average Bonchev–Trinajstić information content (AvgIpc) is 3.20. The summed E-state index contributed by atoms with van der Waals surface area (Å²) in [6.07, 6.45) is 4.93. The Balaban J connectivity index is 1.54. The molecule has 0 aliphatic heterocycles. The summed E-state index contributed by atoms with van der Waals surface area (Å²) in [6, 6.07) is 8.12. The van der Waals surface area contributed by atoms with Gasteiger partial charge < -0.3 is 15.2 Å². The highest BCUT2D eigenvalue weighted by molar-refractivity contribution is 5.27. The van der Waals surface area contributed by atoms with E-state index >= 15 is 0 Å². The highest BCUT2D eigenvalue weighted by atomic mass is 16.5. The summed E-state index contributed by atoms with van der Waals surface area (Å²) in [5.74, 6) is 1.85. The van der Waals surface area contributed by atoms with Gasteiger partial charge in [-0.2, -0.15) is 0 Å². The van der Waals surface area contributed by atoms with Crippen molar-refractivity contribution in [2.45, 2.75) is 25.7 Å². The SMILES string of the molecule is NCCc1ccc(OCCOCCC2CC2)cc1. The van der Waals surface area contributed by atoms with Gasteiger partial charge in [0, 0.05) is 6.61 Å². The summed E-state index contributed by atoms with van der Waals surface area (Å²) in [5, 5.41) is 0. The number of hydrogen-bond acceptors (Lipinski definition) is 3. The average molecular weight is 249 g/mol. The number of benzene rings is 1. The van der Waals surface area contributed by atoms with E-state index in [0.717, 1.165) is 24.7 Å². The van der Waals surface area contributed by atoms with Crippen molar-refractivity contribution >= 4 is 0 Å². The van der Waals surface area contributed by atoms with E-state index in [1.165, 1.54) is 24.8 Å². The normalized spacial score (nSPS) is 14.7. The van der Waals surface area contributed by atoms with Crippen LogP contribution in [0.4, 0.5) is 0 Å². The van der Waals surface area contributed by atoms with Crippen molar-refractivity contribution in [3.05, 3.63) is 29.8 Å². The van der Waals surface area contributed by atoms with Gasteiger partial charge >= 0.3 is 0 Å². The Morgan fingerprint density at radius 2 is 1.83 bits per heavy atom. The maximum Gasteiger partial charge on any atom is 0.119 e. The molecular formula is C15H23NO2. The van der Waals surface area contributed by atoms with Crippen LogP contribution < -0.4 is 10.5 Å². The van der Waals surface area contributed by atoms with E-state index in [1.807, 2.05) is 12.1 Å². The predicted octanol–water partition coefficient (Wildman–Crippen LogP) is 2.38. The Kier molecular flexibility index (Phi) is 5.49. The van der Waals surface area contributed by atoms with Crippen molar-refractivity contribution in [3.8, 4) is 5.75 Å². The monoisotopic (exact) mass is 249 g/mol. The number of rotatable bonds is 9. The van der Waals surface area contributed by atoms with Gasteiger partial charge in [0.15, 0.2) is 0 Å². The van der Waals surface area contributed by atoms with Crippen LogP contribution >= 0.6 is 0 Å². The second-order valence-electron chi connectivity index (χ2n) is 4.88. The molecule has 0 heterocycles. The van der Waals surface area contributed by atoms with E-state index in [4.69, 9.17) is 15.2 Å². The first-order chi connectivity index (χ1) is 8.88. The molecule has 18 heavy (non-hydrogen) atoms. The molecule has 0 aromatic heterocycles. The Hall–Kier alpha value is -1.06. The zero-order valence-corrected chi connectivity index (χ0v) is 10.9. The minimum atomic E-state index is 0.626. The topological polar surface area (TPSA) is 44.5 Å². The molecule has 3 heteroatoms. The first-order valence-electron chi connectivity index (χ1n) is 6.88. The summed E-state index contributed by atoms with van der Waals surface area (Å²) in [6.45, 7) is 2.87. The maximum atomic E-state index is 5.61. The molecule has 1 aliphatic rings. The minimum Gasteiger partial charge on any atom is -0.491 e. The van der Waals surface area contributed by atoms with Gasteiger partial charge in [0.1, 0.15) is 12.4 Å². The molecule has 1 aromatic carbocycles. The van der Waals surface area contributed by atoms with Gasteiger partial charge in [0.25, 0.3) is 0 Å². The van der Waals surface area contributed by atoms with Crippen molar-refractivity contribution in [1.29, 1.82) is 0 Å². The van der Waals surface area contributed by atoms with E-state index in [9.17, 15) is 0 Å². The quantitative estimate of drug-likeness (QED) is 0.683. The van der Waals surface area contributed by atoms with E-state index in [-0.39, 0.29) is 0 Å². The molecule has 1 fully saturated rings. The van der Waals surface area contributed by atoms with Crippen LogP contribution in [0.15, 0.2) is 24.3 Å². The molecular weight excluding hydrogens is 226 g/mol. The third-order valence-electron chi connectivity index (χ3n) is 3.22.